The zero-order valence-electron chi connectivity index (χ0n) is 12.6. The van der Waals surface area contributed by atoms with Crippen molar-refractivity contribution in [1.82, 2.24) is 9.80 Å². The molecule has 0 N–H and O–H groups in total. The standard InChI is InChI=1S/C14H20Cl2N2O.2BrH/c1-17(2)8-11(9-18(3)4)14(19)10-5-6-12(15)13(16)7-10;;/h5-7,11H,8-9H2,1-4H3;2*1H. The van der Waals surface area contributed by atoms with Gasteiger partial charge < -0.3 is 9.80 Å². The van der Waals surface area contributed by atoms with Crippen molar-refractivity contribution in [3.63, 3.8) is 0 Å². The largest absolute Gasteiger partial charge is 0.309 e. The van der Waals surface area contributed by atoms with Gasteiger partial charge in [-0.05, 0) is 46.4 Å². The molecule has 0 aliphatic heterocycles. The third-order valence-electron chi connectivity index (χ3n) is 2.75. The van der Waals surface area contributed by atoms with Gasteiger partial charge >= 0.3 is 0 Å². The van der Waals surface area contributed by atoms with Crippen molar-refractivity contribution in [3.8, 4) is 0 Å². The Morgan fingerprint density at radius 3 is 1.86 bits per heavy atom. The van der Waals surface area contributed by atoms with Gasteiger partial charge in [0.25, 0.3) is 0 Å². The summed E-state index contributed by atoms with van der Waals surface area (Å²) in [7, 11) is 7.85. The van der Waals surface area contributed by atoms with Crippen LogP contribution in [0.1, 0.15) is 10.4 Å². The fraction of sp³-hybridized carbons (Fsp3) is 0.500. The highest BCUT2D eigenvalue weighted by molar-refractivity contribution is 8.93. The first-order valence-corrected chi connectivity index (χ1v) is 6.85. The van der Waals surface area contributed by atoms with E-state index < -0.39 is 0 Å². The van der Waals surface area contributed by atoms with Gasteiger partial charge in [-0.1, -0.05) is 23.2 Å². The van der Waals surface area contributed by atoms with Gasteiger partial charge in [0.15, 0.2) is 5.78 Å². The maximum absolute atomic E-state index is 12.5. The molecule has 0 saturated heterocycles. The molecule has 0 aliphatic rings. The first-order valence-electron chi connectivity index (χ1n) is 6.10. The average Bonchev–Trinajstić information content (AvgIpc) is 2.29. The fourth-order valence-electron chi connectivity index (χ4n) is 1.99. The molecule has 3 nitrogen and oxygen atoms in total. The molecule has 0 unspecified atom stereocenters. The second-order valence-corrected chi connectivity index (χ2v) is 6.03. The van der Waals surface area contributed by atoms with Crippen molar-refractivity contribution < 1.29 is 4.79 Å². The van der Waals surface area contributed by atoms with Gasteiger partial charge in [-0.25, -0.2) is 0 Å². The van der Waals surface area contributed by atoms with Gasteiger partial charge in [-0.3, -0.25) is 4.79 Å². The molecule has 0 saturated carbocycles. The van der Waals surface area contributed by atoms with Gasteiger partial charge in [-0.2, -0.15) is 0 Å². The van der Waals surface area contributed by atoms with Crippen LogP contribution in [0.5, 0.6) is 0 Å². The number of nitrogens with zero attached hydrogens (tertiary/aromatic N) is 2. The zero-order chi connectivity index (χ0) is 14.6. The Bertz CT molecular complexity index is 447. The van der Waals surface area contributed by atoms with Gasteiger partial charge in [0.2, 0.25) is 0 Å². The van der Waals surface area contributed by atoms with Crippen molar-refractivity contribution in [3.05, 3.63) is 33.8 Å². The minimum atomic E-state index is -0.0813. The summed E-state index contributed by atoms with van der Waals surface area (Å²) < 4.78 is 0. The van der Waals surface area contributed by atoms with E-state index in [4.69, 9.17) is 23.2 Å². The number of hydrogen-bond donors (Lipinski definition) is 0. The van der Waals surface area contributed by atoms with Crippen LogP contribution in [0, 0.1) is 5.92 Å². The molecule has 0 bridgehead atoms. The number of hydrogen-bond acceptors (Lipinski definition) is 3. The van der Waals surface area contributed by atoms with E-state index in [-0.39, 0.29) is 45.7 Å². The molecule has 1 rings (SSSR count). The van der Waals surface area contributed by atoms with Crippen molar-refractivity contribution >= 4 is 62.9 Å². The molecular weight excluding hydrogens is 443 g/mol. The van der Waals surface area contributed by atoms with Crippen LogP contribution < -0.4 is 0 Å². The van der Waals surface area contributed by atoms with Crippen LogP contribution >= 0.6 is 57.2 Å². The van der Waals surface area contributed by atoms with Crippen LogP contribution in [0.2, 0.25) is 10.0 Å². The molecular formula is C14H22Br2Cl2N2O. The summed E-state index contributed by atoms with van der Waals surface area (Å²) in [5, 5.41) is 0.885. The number of halogens is 4. The summed E-state index contributed by atoms with van der Waals surface area (Å²) >= 11 is 11.8. The number of ketones is 1. The normalized spacial score (nSPS) is 10.5. The highest BCUT2D eigenvalue weighted by atomic mass is 79.9. The summed E-state index contributed by atoms with van der Waals surface area (Å²) in [6, 6.07) is 5.04. The zero-order valence-corrected chi connectivity index (χ0v) is 17.5. The molecule has 0 heterocycles. The minimum absolute atomic E-state index is 0. The molecule has 21 heavy (non-hydrogen) atoms. The van der Waals surface area contributed by atoms with Crippen LogP contribution in [0.15, 0.2) is 18.2 Å². The summed E-state index contributed by atoms with van der Waals surface area (Å²) in [6.07, 6.45) is 0. The van der Waals surface area contributed by atoms with Gasteiger partial charge in [-0.15, -0.1) is 34.0 Å². The summed E-state index contributed by atoms with van der Waals surface area (Å²) in [5.74, 6) is 0.0169. The highest BCUT2D eigenvalue weighted by Crippen LogP contribution is 2.24. The number of rotatable bonds is 6. The lowest BCUT2D eigenvalue weighted by Crippen LogP contribution is -2.35. The first kappa shape index (κ1) is 23.6. The third kappa shape index (κ3) is 7.95. The molecule has 0 atom stereocenters. The van der Waals surface area contributed by atoms with Crippen LogP contribution in [0.3, 0.4) is 0 Å². The Balaban J connectivity index is 0. The predicted octanol–water partition coefficient (Wildman–Crippen LogP) is 4.07. The predicted molar refractivity (Wildman–Crippen MR) is 102 cm³/mol. The Labute approximate surface area is 158 Å². The Morgan fingerprint density at radius 1 is 1.00 bits per heavy atom. The number of carbonyl (C=O) groups excluding carboxylic acids is 1. The molecule has 0 amide bonds. The molecule has 1 aromatic rings. The van der Waals surface area contributed by atoms with E-state index in [9.17, 15) is 4.79 Å². The van der Waals surface area contributed by atoms with Crippen LogP contribution in [0.25, 0.3) is 0 Å². The van der Waals surface area contributed by atoms with E-state index in [1.807, 2.05) is 38.0 Å². The van der Waals surface area contributed by atoms with Crippen molar-refractivity contribution in [2.24, 2.45) is 5.92 Å². The van der Waals surface area contributed by atoms with Crippen LogP contribution in [-0.4, -0.2) is 56.9 Å². The third-order valence-corrected chi connectivity index (χ3v) is 3.49. The maximum Gasteiger partial charge on any atom is 0.168 e. The van der Waals surface area contributed by atoms with Crippen LogP contribution in [0.4, 0.5) is 0 Å². The molecule has 0 aliphatic carbocycles. The number of benzene rings is 1. The highest BCUT2D eigenvalue weighted by Gasteiger charge is 2.22. The first-order chi connectivity index (χ1) is 8.81. The van der Waals surface area contributed by atoms with Crippen molar-refractivity contribution in [2.75, 3.05) is 41.3 Å². The fourth-order valence-corrected chi connectivity index (χ4v) is 2.29. The SMILES string of the molecule is Br.Br.CN(C)CC(CN(C)C)C(=O)c1ccc(Cl)c(Cl)c1. The Kier molecular flexibility index (Phi) is 12.3. The maximum atomic E-state index is 12.5. The molecule has 0 spiro atoms. The Hall–Kier alpha value is 0.350. The van der Waals surface area contributed by atoms with E-state index in [1.54, 1.807) is 18.2 Å². The lowest BCUT2D eigenvalue weighted by atomic mass is 9.96. The molecule has 0 fully saturated rings. The number of Topliss-reactive ketones (excluding diaryl/α,β-unsaturated/α-hetero) is 1. The van der Waals surface area contributed by atoms with Crippen LogP contribution in [-0.2, 0) is 0 Å². The van der Waals surface area contributed by atoms with E-state index in [2.05, 4.69) is 0 Å². The smallest absolute Gasteiger partial charge is 0.168 e. The average molecular weight is 465 g/mol. The van der Waals surface area contributed by atoms with E-state index in [0.717, 1.165) is 0 Å². The lowest BCUT2D eigenvalue weighted by Gasteiger charge is -2.23. The van der Waals surface area contributed by atoms with E-state index in [0.29, 0.717) is 28.7 Å². The minimum Gasteiger partial charge on any atom is -0.309 e. The summed E-state index contributed by atoms with van der Waals surface area (Å²) in [5.41, 5.74) is 0.614. The van der Waals surface area contributed by atoms with Crippen molar-refractivity contribution in [2.45, 2.75) is 0 Å². The van der Waals surface area contributed by atoms with Gasteiger partial charge in [0, 0.05) is 24.6 Å². The van der Waals surface area contributed by atoms with E-state index in [1.165, 1.54) is 0 Å². The van der Waals surface area contributed by atoms with Gasteiger partial charge in [0.1, 0.15) is 0 Å². The lowest BCUT2D eigenvalue weighted by molar-refractivity contribution is 0.0871. The number of carbonyl (C=O) groups is 1. The monoisotopic (exact) mass is 462 g/mol. The quantitative estimate of drug-likeness (QED) is 0.593. The molecule has 1 aromatic carbocycles. The second-order valence-electron chi connectivity index (χ2n) is 5.21. The molecule has 0 radical (unpaired) electrons. The second kappa shape index (κ2) is 11.0. The molecule has 122 valence electrons. The van der Waals surface area contributed by atoms with Gasteiger partial charge in [0.05, 0.1) is 10.0 Å². The topological polar surface area (TPSA) is 23.6 Å². The molecule has 7 heteroatoms. The summed E-state index contributed by atoms with van der Waals surface area (Å²) in [6.45, 7) is 1.41. The summed E-state index contributed by atoms with van der Waals surface area (Å²) in [4.78, 5) is 16.6. The van der Waals surface area contributed by atoms with Crippen molar-refractivity contribution in [1.29, 1.82) is 0 Å². The van der Waals surface area contributed by atoms with E-state index >= 15 is 0 Å². The Morgan fingerprint density at radius 2 is 1.48 bits per heavy atom. The molecule has 0 aromatic heterocycles.